The second-order valence-electron chi connectivity index (χ2n) is 17.8. The van der Waals surface area contributed by atoms with Gasteiger partial charge in [0.2, 0.25) is 5.43 Å². The minimum Gasteiger partial charge on any atom is -0.507 e. The molecule has 3 N–H and O–H groups in total. The smallest absolute Gasteiger partial charge is 0.336 e. The number of hydrogen-bond donors (Lipinski definition) is 3. The first-order valence-electron chi connectivity index (χ1n) is 24.9. The van der Waals surface area contributed by atoms with E-state index in [0.29, 0.717) is 27.8 Å². The Morgan fingerprint density at radius 1 is 0.463 bits per heavy atom. The van der Waals surface area contributed by atoms with E-state index in [-0.39, 0.29) is 11.0 Å². The molecule has 0 saturated carbocycles. The van der Waals surface area contributed by atoms with Gasteiger partial charge in [-0.2, -0.15) is 0 Å². The SMILES string of the molecule is O=C(/C=C/c1ccccc1)OC[C@H]1O[C@@H](c2c(O)cc3oc4cc(O)c(OC(=O)/C=C/c5ccccc5)cc4c(=O)c3c2O)[C@H](OC(=O)/C=C/c2ccccc2)[C@@H](OC(=O)/C=C/c2ccccc2)[C@@H]1OC(=O)/C=C/c1ccccc1. The zero-order chi connectivity index (χ0) is 56.0. The lowest BCUT2D eigenvalue weighted by atomic mass is 9.88. The molecule has 1 aliphatic heterocycles. The number of benzene rings is 7. The highest BCUT2D eigenvalue weighted by atomic mass is 16.7. The molecule has 5 atom stereocenters. The Kier molecular flexibility index (Phi) is 17.3. The summed E-state index contributed by atoms with van der Waals surface area (Å²) in [5.74, 6) is -7.81. The largest absolute Gasteiger partial charge is 0.507 e. The van der Waals surface area contributed by atoms with Gasteiger partial charge in [-0.3, -0.25) is 4.79 Å². The van der Waals surface area contributed by atoms with Crippen molar-refractivity contribution in [2.45, 2.75) is 30.5 Å². The molecule has 16 heteroatoms. The molecule has 1 aliphatic rings. The third-order valence-electron chi connectivity index (χ3n) is 12.4. The van der Waals surface area contributed by atoms with Crippen LogP contribution < -0.4 is 10.2 Å². The van der Waals surface area contributed by atoms with E-state index in [1.165, 1.54) is 30.4 Å². The Morgan fingerprint density at radius 2 is 0.863 bits per heavy atom. The minimum absolute atomic E-state index is 0.248. The number of carbonyl (C=O) groups is 5. The van der Waals surface area contributed by atoms with E-state index < -0.39 is 112 Å². The monoisotopic (exact) mass is 1070 g/mol. The number of phenolic OH excluding ortho intramolecular Hbond substituents is 3. The number of esters is 5. The lowest BCUT2D eigenvalue weighted by Gasteiger charge is -2.44. The molecule has 7 aromatic carbocycles. The Labute approximate surface area is 456 Å². The van der Waals surface area contributed by atoms with Crippen LogP contribution in [0.3, 0.4) is 0 Å². The van der Waals surface area contributed by atoms with Gasteiger partial charge in [-0.05, 0) is 64.3 Å². The van der Waals surface area contributed by atoms with Gasteiger partial charge in [-0.25, -0.2) is 24.0 Å². The number of carbonyl (C=O) groups excluding carboxylic acids is 5. The molecule has 8 aromatic rings. The first-order valence-corrected chi connectivity index (χ1v) is 24.9. The summed E-state index contributed by atoms with van der Waals surface area (Å²) in [7, 11) is 0. The van der Waals surface area contributed by atoms with Crippen molar-refractivity contribution < 1.29 is 72.1 Å². The first kappa shape index (κ1) is 54.2. The summed E-state index contributed by atoms with van der Waals surface area (Å²) < 4.78 is 41.9. The number of rotatable bonds is 17. The van der Waals surface area contributed by atoms with Gasteiger partial charge in [0.15, 0.2) is 29.8 Å². The van der Waals surface area contributed by atoms with Crippen molar-refractivity contribution in [2.75, 3.05) is 6.61 Å². The highest BCUT2D eigenvalue weighted by Gasteiger charge is 2.54. The second kappa shape index (κ2) is 25.5. The van der Waals surface area contributed by atoms with Gasteiger partial charge in [0.1, 0.15) is 46.9 Å². The summed E-state index contributed by atoms with van der Waals surface area (Å²) in [6, 6.07) is 46.7. The molecule has 0 spiro atoms. The van der Waals surface area contributed by atoms with Crippen LogP contribution in [0.25, 0.3) is 52.3 Å². The van der Waals surface area contributed by atoms with Crippen LogP contribution in [0.2, 0.25) is 0 Å². The number of hydrogen-bond acceptors (Lipinski definition) is 16. The first-order chi connectivity index (χ1) is 38.9. The highest BCUT2D eigenvalue weighted by molar-refractivity contribution is 5.97. The number of phenols is 3. The average molecular weight is 1070 g/mol. The minimum atomic E-state index is -1.98. The third kappa shape index (κ3) is 13.7. The van der Waals surface area contributed by atoms with E-state index in [1.807, 2.05) is 0 Å². The molecule has 9 rings (SSSR count). The fourth-order valence-corrected chi connectivity index (χ4v) is 8.58. The van der Waals surface area contributed by atoms with E-state index in [2.05, 4.69) is 0 Å². The predicted octanol–water partition coefficient (Wildman–Crippen LogP) is 10.3. The maximum Gasteiger partial charge on any atom is 0.336 e. The van der Waals surface area contributed by atoms with Crippen molar-refractivity contribution in [3.05, 3.63) is 244 Å². The molecular weight excluding hydrogens is 1020 g/mol. The molecule has 0 radical (unpaired) electrons. The summed E-state index contributed by atoms with van der Waals surface area (Å²) in [6.07, 6.45) is 3.37. The lowest BCUT2D eigenvalue weighted by molar-refractivity contribution is -0.252. The van der Waals surface area contributed by atoms with Gasteiger partial charge in [0, 0.05) is 42.5 Å². The molecule has 2 heterocycles. The maximum atomic E-state index is 14.7. The molecule has 0 bridgehead atoms. The van der Waals surface area contributed by atoms with Gasteiger partial charge in [-0.15, -0.1) is 0 Å². The Balaban J connectivity index is 1.17. The van der Waals surface area contributed by atoms with Crippen molar-refractivity contribution in [2.24, 2.45) is 0 Å². The normalized spacial score (nSPS) is 17.3. The van der Waals surface area contributed by atoms with Crippen molar-refractivity contribution >= 4 is 82.2 Å². The van der Waals surface area contributed by atoms with Crippen molar-refractivity contribution in [1.29, 1.82) is 0 Å². The molecule has 80 heavy (non-hydrogen) atoms. The molecule has 1 fully saturated rings. The maximum absolute atomic E-state index is 14.7. The van der Waals surface area contributed by atoms with Gasteiger partial charge in [0.25, 0.3) is 0 Å². The van der Waals surface area contributed by atoms with Crippen LogP contribution in [0.15, 0.2) is 209 Å². The standard InChI is InChI=1S/C64H48O16/c65-46-37-48-45(36-49(46)76-53(68)32-27-41-18-8-2-9-19-41)59(72)58-50(75-48)38-47(66)57(60(58)73)62-64(80-56(71)35-30-44-24-14-5-15-25-44)63(79-55(70)34-29-43-22-12-4-13-23-43)61(78-54(69)33-28-42-20-10-3-11-21-42)51(77-62)39-74-52(67)31-26-40-16-6-1-7-17-40/h1-38,51,61-66,73H,39H2/b31-26+,32-27+,33-28+,34-29+,35-30+/t51-,61-,62+,63+,64+/m1/s1. The third-order valence-corrected chi connectivity index (χ3v) is 12.4. The van der Waals surface area contributed by atoms with Crippen LogP contribution in [-0.4, -0.2) is 76.2 Å². The second-order valence-corrected chi connectivity index (χ2v) is 17.8. The van der Waals surface area contributed by atoms with Crippen LogP contribution in [-0.2, 0) is 47.7 Å². The summed E-state index contributed by atoms with van der Waals surface area (Å²) >= 11 is 0. The Hall–Kier alpha value is -10.6. The van der Waals surface area contributed by atoms with Crippen molar-refractivity contribution in [3.63, 3.8) is 0 Å². The Morgan fingerprint density at radius 3 is 1.32 bits per heavy atom. The summed E-state index contributed by atoms with van der Waals surface area (Å²) in [5, 5.41) is 34.5. The fourth-order valence-electron chi connectivity index (χ4n) is 8.58. The van der Waals surface area contributed by atoms with E-state index >= 15 is 0 Å². The molecule has 16 nitrogen and oxygen atoms in total. The zero-order valence-electron chi connectivity index (χ0n) is 42.2. The zero-order valence-corrected chi connectivity index (χ0v) is 42.2. The van der Waals surface area contributed by atoms with E-state index in [0.717, 1.165) is 48.6 Å². The summed E-state index contributed by atoms with van der Waals surface area (Å²) in [6.45, 7) is -0.759. The van der Waals surface area contributed by atoms with Gasteiger partial charge >= 0.3 is 29.8 Å². The van der Waals surface area contributed by atoms with Crippen LogP contribution in [0.1, 0.15) is 39.5 Å². The molecule has 0 unspecified atom stereocenters. The number of fused-ring (bicyclic) bond motifs is 2. The summed E-state index contributed by atoms with van der Waals surface area (Å²) in [5.41, 5.74) is 0.857. The van der Waals surface area contributed by atoms with Crippen LogP contribution >= 0.6 is 0 Å². The molecule has 0 amide bonds. The van der Waals surface area contributed by atoms with E-state index in [1.54, 1.807) is 152 Å². The van der Waals surface area contributed by atoms with Crippen molar-refractivity contribution in [3.8, 4) is 23.0 Å². The summed E-state index contributed by atoms with van der Waals surface area (Å²) in [4.78, 5) is 83.3. The Bertz CT molecular complexity index is 3760. The number of ether oxygens (including phenoxy) is 6. The van der Waals surface area contributed by atoms with E-state index in [4.69, 9.17) is 32.8 Å². The average Bonchev–Trinajstić information content (AvgIpc) is 3.48. The molecule has 400 valence electrons. The molecule has 0 aliphatic carbocycles. The van der Waals surface area contributed by atoms with Crippen molar-refractivity contribution in [1.82, 2.24) is 0 Å². The van der Waals surface area contributed by atoms with Crippen LogP contribution in [0.4, 0.5) is 0 Å². The molecular formula is C64H48O16. The van der Waals surface area contributed by atoms with Gasteiger partial charge in [-0.1, -0.05) is 152 Å². The van der Waals surface area contributed by atoms with Gasteiger partial charge < -0.3 is 48.2 Å². The van der Waals surface area contributed by atoms with E-state index in [9.17, 15) is 44.1 Å². The van der Waals surface area contributed by atoms with Gasteiger partial charge in [0.05, 0.1) is 10.9 Å². The fraction of sp³-hybridized carbons (Fsp3) is 0.0938. The molecule has 1 saturated heterocycles. The van der Waals surface area contributed by atoms with Crippen LogP contribution in [0.5, 0.6) is 23.0 Å². The quantitative estimate of drug-likeness (QED) is 0.0253. The topological polar surface area (TPSA) is 232 Å². The van der Waals surface area contributed by atoms with Crippen LogP contribution in [0, 0.1) is 0 Å². The number of aromatic hydroxyl groups is 3. The molecule has 1 aromatic heterocycles. The lowest BCUT2D eigenvalue weighted by Crippen LogP contribution is -2.59. The predicted molar refractivity (Wildman–Crippen MR) is 296 cm³/mol. The highest BCUT2D eigenvalue weighted by Crippen LogP contribution is 2.47.